The lowest BCUT2D eigenvalue weighted by molar-refractivity contribution is -0.151. The minimum Gasteiger partial charge on any atom is -0.342 e. The smallest absolute Gasteiger partial charge is 0.246 e. The van der Waals surface area contributed by atoms with Gasteiger partial charge in [0.25, 0.3) is 0 Å². The lowest BCUT2D eigenvalue weighted by atomic mass is 9.96. The summed E-state index contributed by atoms with van der Waals surface area (Å²) in [6.45, 7) is 4.13. The standard InChI is InChI=1S/C14H24N2O4S/c1-9(2)11-14(18)16(7-4-8-21(3,19)20)12(10-5-6-10)13(17)15-11/h9-12H,4-8H2,1-3H3,(H,15,17). The molecule has 21 heavy (non-hydrogen) atoms. The fourth-order valence-corrected chi connectivity index (χ4v) is 3.49. The Morgan fingerprint density at radius 3 is 2.38 bits per heavy atom. The highest BCUT2D eigenvalue weighted by atomic mass is 32.2. The van der Waals surface area contributed by atoms with Crippen LogP contribution in [0.1, 0.15) is 33.1 Å². The average Bonchev–Trinajstić information content (AvgIpc) is 3.15. The number of hydrogen-bond donors (Lipinski definition) is 1. The van der Waals surface area contributed by atoms with Crippen molar-refractivity contribution in [3.8, 4) is 0 Å². The Hall–Kier alpha value is -1.11. The van der Waals surface area contributed by atoms with Gasteiger partial charge in [0.15, 0.2) is 0 Å². The highest BCUT2D eigenvalue weighted by Crippen LogP contribution is 2.37. The quantitative estimate of drug-likeness (QED) is 0.758. The summed E-state index contributed by atoms with van der Waals surface area (Å²) in [5.74, 6) is 0.145. The molecule has 1 aliphatic carbocycles. The molecule has 1 aliphatic heterocycles. The zero-order valence-corrected chi connectivity index (χ0v) is 13.6. The molecule has 1 heterocycles. The van der Waals surface area contributed by atoms with Gasteiger partial charge in [-0.15, -0.1) is 0 Å². The van der Waals surface area contributed by atoms with E-state index in [0.29, 0.717) is 13.0 Å². The van der Waals surface area contributed by atoms with Crippen LogP contribution in [0.15, 0.2) is 0 Å². The fraction of sp³-hybridized carbons (Fsp3) is 0.857. The van der Waals surface area contributed by atoms with Crippen LogP contribution < -0.4 is 5.32 Å². The van der Waals surface area contributed by atoms with E-state index in [1.54, 1.807) is 4.90 Å². The molecular weight excluding hydrogens is 292 g/mol. The Labute approximate surface area is 126 Å². The average molecular weight is 316 g/mol. The van der Waals surface area contributed by atoms with Crippen LogP contribution in [0.5, 0.6) is 0 Å². The first kappa shape index (κ1) is 16.3. The number of hydrogen-bond acceptors (Lipinski definition) is 4. The van der Waals surface area contributed by atoms with Crippen LogP contribution in [-0.4, -0.2) is 55.8 Å². The molecule has 0 bridgehead atoms. The summed E-state index contributed by atoms with van der Waals surface area (Å²) in [4.78, 5) is 26.5. The summed E-state index contributed by atoms with van der Waals surface area (Å²) in [6, 6.07) is -0.905. The van der Waals surface area contributed by atoms with Crippen LogP contribution in [0.4, 0.5) is 0 Å². The van der Waals surface area contributed by atoms with Crippen LogP contribution >= 0.6 is 0 Å². The second kappa shape index (κ2) is 5.94. The Balaban J connectivity index is 2.10. The van der Waals surface area contributed by atoms with E-state index in [2.05, 4.69) is 5.32 Å². The molecule has 0 spiro atoms. The van der Waals surface area contributed by atoms with Crippen molar-refractivity contribution >= 4 is 21.7 Å². The largest absolute Gasteiger partial charge is 0.342 e. The first-order valence-electron chi connectivity index (χ1n) is 7.49. The summed E-state index contributed by atoms with van der Waals surface area (Å²) < 4.78 is 22.5. The van der Waals surface area contributed by atoms with Gasteiger partial charge in [-0.25, -0.2) is 8.42 Å². The van der Waals surface area contributed by atoms with Gasteiger partial charge in [0, 0.05) is 12.8 Å². The number of amides is 2. The number of rotatable bonds is 6. The Bertz CT molecular complexity index is 525. The lowest BCUT2D eigenvalue weighted by Crippen LogP contribution is -2.65. The Morgan fingerprint density at radius 1 is 1.29 bits per heavy atom. The molecule has 1 N–H and O–H groups in total. The zero-order chi connectivity index (χ0) is 15.8. The molecule has 2 unspecified atom stereocenters. The Morgan fingerprint density at radius 2 is 1.90 bits per heavy atom. The molecular formula is C14H24N2O4S. The lowest BCUT2D eigenvalue weighted by Gasteiger charge is -2.40. The molecule has 120 valence electrons. The van der Waals surface area contributed by atoms with Crippen LogP contribution in [-0.2, 0) is 19.4 Å². The van der Waals surface area contributed by atoms with Crippen molar-refractivity contribution < 1.29 is 18.0 Å². The first-order valence-corrected chi connectivity index (χ1v) is 9.55. The van der Waals surface area contributed by atoms with Gasteiger partial charge < -0.3 is 10.2 Å². The minimum atomic E-state index is -3.05. The summed E-state index contributed by atoms with van der Waals surface area (Å²) in [5, 5.41) is 2.83. The SMILES string of the molecule is CC(C)C1NC(=O)C(C2CC2)N(CCCS(C)(=O)=O)C1=O. The predicted molar refractivity (Wildman–Crippen MR) is 79.3 cm³/mol. The van der Waals surface area contributed by atoms with Gasteiger partial charge in [-0.3, -0.25) is 9.59 Å². The van der Waals surface area contributed by atoms with Crippen LogP contribution in [0, 0.1) is 11.8 Å². The third-order valence-electron chi connectivity index (χ3n) is 4.10. The van der Waals surface area contributed by atoms with Gasteiger partial charge in [-0.05, 0) is 31.1 Å². The van der Waals surface area contributed by atoms with Crippen molar-refractivity contribution in [2.24, 2.45) is 11.8 Å². The third kappa shape index (κ3) is 3.96. The second-order valence-electron chi connectivity index (χ2n) is 6.53. The zero-order valence-electron chi connectivity index (χ0n) is 12.8. The maximum atomic E-state index is 12.6. The maximum absolute atomic E-state index is 12.6. The van der Waals surface area contributed by atoms with E-state index < -0.39 is 21.9 Å². The van der Waals surface area contributed by atoms with Gasteiger partial charge in [-0.2, -0.15) is 0 Å². The molecule has 7 heteroatoms. The van der Waals surface area contributed by atoms with Gasteiger partial charge in [-0.1, -0.05) is 13.8 Å². The maximum Gasteiger partial charge on any atom is 0.246 e. The van der Waals surface area contributed by atoms with Gasteiger partial charge in [0.05, 0.1) is 5.75 Å². The molecule has 2 aliphatic rings. The summed E-state index contributed by atoms with van der Waals surface area (Å²) in [7, 11) is -3.05. The van der Waals surface area contributed by atoms with Crippen molar-refractivity contribution in [1.29, 1.82) is 0 Å². The molecule has 2 fully saturated rings. The molecule has 1 saturated heterocycles. The number of sulfone groups is 1. The minimum absolute atomic E-state index is 0.0269. The fourth-order valence-electron chi connectivity index (χ4n) is 2.84. The summed E-state index contributed by atoms with van der Waals surface area (Å²) in [5.41, 5.74) is 0. The first-order chi connectivity index (χ1) is 9.70. The van der Waals surface area contributed by atoms with E-state index in [9.17, 15) is 18.0 Å². The van der Waals surface area contributed by atoms with Crippen molar-refractivity contribution in [3.63, 3.8) is 0 Å². The van der Waals surface area contributed by atoms with Crippen LogP contribution in [0.25, 0.3) is 0 Å². The third-order valence-corrected chi connectivity index (χ3v) is 5.13. The molecule has 0 aromatic heterocycles. The molecule has 1 saturated carbocycles. The Kier molecular flexibility index (Phi) is 4.60. The molecule has 6 nitrogen and oxygen atoms in total. The highest BCUT2D eigenvalue weighted by Gasteiger charge is 2.48. The molecule has 0 aromatic rings. The normalized spacial score (nSPS) is 27.1. The number of nitrogens with one attached hydrogen (secondary N) is 1. The summed E-state index contributed by atoms with van der Waals surface area (Å²) in [6.07, 6.45) is 3.49. The van der Waals surface area contributed by atoms with Crippen molar-refractivity contribution in [2.75, 3.05) is 18.6 Å². The van der Waals surface area contributed by atoms with Gasteiger partial charge >= 0.3 is 0 Å². The van der Waals surface area contributed by atoms with E-state index in [1.165, 1.54) is 6.26 Å². The predicted octanol–water partition coefficient (Wildman–Crippen LogP) is 0.183. The number of carbonyl (C=O) groups excluding carboxylic acids is 2. The molecule has 2 atom stereocenters. The number of nitrogens with zero attached hydrogens (tertiary/aromatic N) is 1. The second-order valence-corrected chi connectivity index (χ2v) is 8.79. The van der Waals surface area contributed by atoms with E-state index in [1.807, 2.05) is 13.8 Å². The molecule has 0 radical (unpaired) electrons. The molecule has 2 amide bonds. The monoisotopic (exact) mass is 316 g/mol. The van der Waals surface area contributed by atoms with E-state index in [4.69, 9.17) is 0 Å². The van der Waals surface area contributed by atoms with Crippen molar-refractivity contribution in [3.05, 3.63) is 0 Å². The van der Waals surface area contributed by atoms with E-state index in [0.717, 1.165) is 12.8 Å². The van der Waals surface area contributed by atoms with Crippen LogP contribution in [0.2, 0.25) is 0 Å². The van der Waals surface area contributed by atoms with Crippen molar-refractivity contribution in [1.82, 2.24) is 10.2 Å². The molecule has 2 rings (SSSR count). The summed E-state index contributed by atoms with van der Waals surface area (Å²) >= 11 is 0. The number of carbonyl (C=O) groups is 2. The van der Waals surface area contributed by atoms with Gasteiger partial charge in [0.2, 0.25) is 11.8 Å². The number of piperazine rings is 1. The highest BCUT2D eigenvalue weighted by molar-refractivity contribution is 7.90. The van der Waals surface area contributed by atoms with Gasteiger partial charge in [0.1, 0.15) is 21.9 Å². The molecule has 0 aromatic carbocycles. The van der Waals surface area contributed by atoms with Crippen molar-refractivity contribution in [2.45, 2.75) is 45.2 Å². The van der Waals surface area contributed by atoms with E-state index in [-0.39, 0.29) is 29.4 Å². The topological polar surface area (TPSA) is 83.6 Å². The van der Waals surface area contributed by atoms with Crippen LogP contribution in [0.3, 0.4) is 0 Å². The van der Waals surface area contributed by atoms with E-state index >= 15 is 0 Å².